The number of rotatable bonds is 4. The minimum atomic E-state index is -0.767. The molecule has 0 aliphatic heterocycles. The maximum absolute atomic E-state index is 12.9. The lowest BCUT2D eigenvalue weighted by Gasteiger charge is -2.14. The third-order valence-electron chi connectivity index (χ3n) is 1.54. The number of hydrogen-bond donors (Lipinski definition) is 2. The number of halogens is 1. The summed E-state index contributed by atoms with van der Waals surface area (Å²) in [7, 11) is 0. The first-order valence-corrected chi connectivity index (χ1v) is 3.91. The van der Waals surface area contributed by atoms with Crippen LogP contribution in [0.1, 0.15) is 0 Å². The van der Waals surface area contributed by atoms with E-state index in [1.807, 2.05) is 0 Å². The SMILES string of the molecule is OCC(CO)Oc1ccccc1F. The molecule has 0 amide bonds. The van der Waals surface area contributed by atoms with Crippen LogP contribution < -0.4 is 4.74 Å². The van der Waals surface area contributed by atoms with E-state index in [2.05, 4.69) is 0 Å². The second-order valence-electron chi connectivity index (χ2n) is 2.54. The molecule has 0 aromatic heterocycles. The maximum atomic E-state index is 12.9. The average Bonchev–Trinajstić information content (AvgIpc) is 2.17. The van der Waals surface area contributed by atoms with Gasteiger partial charge in [0.15, 0.2) is 11.6 Å². The summed E-state index contributed by atoms with van der Waals surface area (Å²) < 4.78 is 17.9. The van der Waals surface area contributed by atoms with E-state index in [4.69, 9.17) is 14.9 Å². The predicted octanol–water partition coefficient (Wildman–Crippen LogP) is 0.558. The van der Waals surface area contributed by atoms with Crippen LogP contribution in [0.2, 0.25) is 0 Å². The first kappa shape index (κ1) is 9.95. The van der Waals surface area contributed by atoms with Crippen LogP contribution in [-0.2, 0) is 0 Å². The highest BCUT2D eigenvalue weighted by Crippen LogP contribution is 2.16. The normalized spacial score (nSPS) is 10.5. The molecule has 2 N–H and O–H groups in total. The monoisotopic (exact) mass is 186 g/mol. The van der Waals surface area contributed by atoms with Crippen molar-refractivity contribution in [2.75, 3.05) is 13.2 Å². The van der Waals surface area contributed by atoms with Crippen molar-refractivity contribution in [3.8, 4) is 5.75 Å². The molecule has 1 aromatic rings. The average molecular weight is 186 g/mol. The Morgan fingerprint density at radius 2 is 1.85 bits per heavy atom. The van der Waals surface area contributed by atoms with Gasteiger partial charge in [0.25, 0.3) is 0 Å². The van der Waals surface area contributed by atoms with Gasteiger partial charge in [-0.15, -0.1) is 0 Å². The van der Waals surface area contributed by atoms with E-state index in [1.165, 1.54) is 18.2 Å². The number of aliphatic hydroxyl groups excluding tert-OH is 2. The van der Waals surface area contributed by atoms with E-state index >= 15 is 0 Å². The van der Waals surface area contributed by atoms with Crippen LogP contribution in [0.4, 0.5) is 4.39 Å². The Labute approximate surface area is 75.4 Å². The molecule has 0 aliphatic rings. The molecule has 0 fully saturated rings. The molecule has 0 radical (unpaired) electrons. The number of ether oxygens (including phenoxy) is 1. The van der Waals surface area contributed by atoms with Crippen LogP contribution in [0.5, 0.6) is 5.75 Å². The van der Waals surface area contributed by atoms with Crippen molar-refractivity contribution in [1.29, 1.82) is 0 Å². The van der Waals surface area contributed by atoms with Crippen LogP contribution in [0, 0.1) is 5.82 Å². The van der Waals surface area contributed by atoms with E-state index in [0.717, 1.165) is 0 Å². The standard InChI is InChI=1S/C9H11FO3/c10-8-3-1-2-4-9(8)13-7(5-11)6-12/h1-4,7,11-12H,5-6H2. The maximum Gasteiger partial charge on any atom is 0.165 e. The van der Waals surface area contributed by atoms with Crippen molar-refractivity contribution in [3.63, 3.8) is 0 Å². The molecule has 1 rings (SSSR count). The minimum absolute atomic E-state index is 0.0376. The number of benzene rings is 1. The van der Waals surface area contributed by atoms with Crippen LogP contribution in [0.3, 0.4) is 0 Å². The number of hydrogen-bond acceptors (Lipinski definition) is 3. The van der Waals surface area contributed by atoms with Crippen LogP contribution in [-0.4, -0.2) is 29.5 Å². The predicted molar refractivity (Wildman–Crippen MR) is 45.0 cm³/mol. The third-order valence-corrected chi connectivity index (χ3v) is 1.54. The van der Waals surface area contributed by atoms with Crippen molar-refractivity contribution in [3.05, 3.63) is 30.1 Å². The summed E-state index contributed by atoms with van der Waals surface area (Å²) in [6.07, 6.45) is -0.767. The van der Waals surface area contributed by atoms with Crippen LogP contribution >= 0.6 is 0 Å². The fraction of sp³-hybridized carbons (Fsp3) is 0.333. The van der Waals surface area contributed by atoms with Gasteiger partial charge in [0.05, 0.1) is 13.2 Å². The second kappa shape index (κ2) is 4.79. The second-order valence-corrected chi connectivity index (χ2v) is 2.54. The van der Waals surface area contributed by atoms with Gasteiger partial charge >= 0.3 is 0 Å². The first-order valence-electron chi connectivity index (χ1n) is 3.91. The minimum Gasteiger partial charge on any atom is -0.483 e. The molecular weight excluding hydrogens is 175 g/mol. The molecule has 3 nitrogen and oxygen atoms in total. The summed E-state index contributed by atoms with van der Waals surface area (Å²) in [4.78, 5) is 0. The summed E-state index contributed by atoms with van der Waals surface area (Å²) >= 11 is 0. The molecule has 0 unspecified atom stereocenters. The van der Waals surface area contributed by atoms with Gasteiger partial charge in [-0.2, -0.15) is 0 Å². The highest BCUT2D eigenvalue weighted by molar-refractivity contribution is 5.23. The molecule has 0 aliphatic carbocycles. The summed E-state index contributed by atoms with van der Waals surface area (Å²) in [6, 6.07) is 5.84. The third kappa shape index (κ3) is 2.68. The van der Waals surface area contributed by atoms with Crippen molar-refractivity contribution in [1.82, 2.24) is 0 Å². The Morgan fingerprint density at radius 3 is 2.38 bits per heavy atom. The highest BCUT2D eigenvalue weighted by atomic mass is 19.1. The molecule has 4 heteroatoms. The largest absolute Gasteiger partial charge is 0.483 e. The fourth-order valence-corrected chi connectivity index (χ4v) is 0.852. The van der Waals surface area contributed by atoms with Crippen molar-refractivity contribution in [2.45, 2.75) is 6.10 Å². The van der Waals surface area contributed by atoms with Crippen LogP contribution in [0.25, 0.3) is 0 Å². The summed E-state index contributed by atoms with van der Waals surface area (Å²) in [5, 5.41) is 17.3. The molecular formula is C9H11FO3. The zero-order chi connectivity index (χ0) is 9.68. The zero-order valence-electron chi connectivity index (χ0n) is 6.98. The molecule has 0 atom stereocenters. The Morgan fingerprint density at radius 1 is 1.23 bits per heavy atom. The lowest BCUT2D eigenvalue weighted by atomic mass is 10.3. The molecule has 0 saturated carbocycles. The highest BCUT2D eigenvalue weighted by Gasteiger charge is 2.09. The van der Waals surface area contributed by atoms with E-state index in [-0.39, 0.29) is 19.0 Å². The summed E-state index contributed by atoms with van der Waals surface area (Å²) in [5.41, 5.74) is 0. The van der Waals surface area contributed by atoms with Gasteiger partial charge in [-0.05, 0) is 12.1 Å². The smallest absolute Gasteiger partial charge is 0.165 e. The van der Waals surface area contributed by atoms with Crippen molar-refractivity contribution < 1.29 is 19.3 Å². The number of para-hydroxylation sites is 1. The molecule has 0 heterocycles. The Bertz CT molecular complexity index is 261. The summed E-state index contributed by atoms with van der Waals surface area (Å²) in [5.74, 6) is -0.468. The fourth-order valence-electron chi connectivity index (χ4n) is 0.852. The molecule has 1 aromatic carbocycles. The first-order chi connectivity index (χ1) is 6.27. The zero-order valence-corrected chi connectivity index (χ0v) is 6.98. The van der Waals surface area contributed by atoms with Gasteiger partial charge in [-0.3, -0.25) is 0 Å². The van der Waals surface area contributed by atoms with Gasteiger partial charge in [0.2, 0.25) is 0 Å². The van der Waals surface area contributed by atoms with Crippen molar-refractivity contribution in [2.24, 2.45) is 0 Å². The molecule has 0 bridgehead atoms. The Balaban J connectivity index is 2.67. The van der Waals surface area contributed by atoms with Gasteiger partial charge in [-0.25, -0.2) is 4.39 Å². The van der Waals surface area contributed by atoms with E-state index in [0.29, 0.717) is 0 Å². The topological polar surface area (TPSA) is 49.7 Å². The molecule has 72 valence electrons. The molecule has 13 heavy (non-hydrogen) atoms. The van der Waals surface area contributed by atoms with Crippen LogP contribution in [0.15, 0.2) is 24.3 Å². The van der Waals surface area contributed by atoms with Gasteiger partial charge < -0.3 is 14.9 Å². The van der Waals surface area contributed by atoms with E-state index in [1.54, 1.807) is 6.07 Å². The lowest BCUT2D eigenvalue weighted by Crippen LogP contribution is -2.25. The van der Waals surface area contributed by atoms with Gasteiger partial charge in [0.1, 0.15) is 6.10 Å². The Kier molecular flexibility index (Phi) is 3.67. The Hall–Kier alpha value is -1.13. The molecule has 0 saturated heterocycles. The van der Waals surface area contributed by atoms with E-state index < -0.39 is 11.9 Å². The van der Waals surface area contributed by atoms with Gasteiger partial charge in [0, 0.05) is 0 Å². The van der Waals surface area contributed by atoms with Crippen molar-refractivity contribution >= 4 is 0 Å². The summed E-state index contributed by atoms with van der Waals surface area (Å²) in [6.45, 7) is -0.685. The lowest BCUT2D eigenvalue weighted by molar-refractivity contribution is 0.0601. The molecule has 0 spiro atoms. The van der Waals surface area contributed by atoms with Gasteiger partial charge in [-0.1, -0.05) is 12.1 Å². The van der Waals surface area contributed by atoms with E-state index in [9.17, 15) is 4.39 Å². The number of aliphatic hydroxyl groups is 2. The quantitative estimate of drug-likeness (QED) is 0.722.